The number of hydrogen-bond acceptors (Lipinski definition) is 5. The van der Waals surface area contributed by atoms with E-state index in [0.717, 1.165) is 0 Å². The van der Waals surface area contributed by atoms with Crippen molar-refractivity contribution in [3.05, 3.63) is 70.7 Å². The highest BCUT2D eigenvalue weighted by atomic mass is 35.5. The second-order valence-corrected chi connectivity index (χ2v) is 10.5. The van der Waals surface area contributed by atoms with E-state index in [1.807, 2.05) is 0 Å². The molecule has 3 rings (SSSR count). The predicted molar refractivity (Wildman–Crippen MR) is 131 cm³/mol. The summed E-state index contributed by atoms with van der Waals surface area (Å²) in [4.78, 5) is 12.2. The largest absolute Gasteiger partial charge is 0.507 e. The summed E-state index contributed by atoms with van der Waals surface area (Å²) in [5, 5.41) is 13.3. The number of ether oxygens (including phenoxy) is 1. The van der Waals surface area contributed by atoms with Crippen LogP contribution in [-0.2, 0) is 14.8 Å². The first-order valence-electron chi connectivity index (χ1n) is 9.76. The van der Waals surface area contributed by atoms with Gasteiger partial charge in [0, 0.05) is 16.1 Å². The van der Waals surface area contributed by atoms with Crippen LogP contribution in [0, 0.1) is 0 Å². The van der Waals surface area contributed by atoms with Crippen LogP contribution in [0.25, 0.3) is 11.1 Å². The minimum absolute atomic E-state index is 0.0148. The quantitative estimate of drug-likeness (QED) is 0.364. The van der Waals surface area contributed by atoms with Crippen molar-refractivity contribution in [2.24, 2.45) is 0 Å². The second kappa shape index (κ2) is 9.51. The lowest BCUT2D eigenvalue weighted by atomic mass is 10.0. The first kappa shape index (κ1) is 24.7. The minimum atomic E-state index is -4.18. The molecule has 0 saturated carbocycles. The molecule has 0 saturated heterocycles. The van der Waals surface area contributed by atoms with Crippen molar-refractivity contribution in [1.82, 2.24) is 0 Å². The Morgan fingerprint density at radius 1 is 0.970 bits per heavy atom. The lowest BCUT2D eigenvalue weighted by molar-refractivity contribution is 0.0636. The minimum Gasteiger partial charge on any atom is -0.507 e. The maximum absolute atomic E-state index is 13.1. The van der Waals surface area contributed by atoms with Gasteiger partial charge in [-0.15, -0.1) is 0 Å². The molecule has 0 aliphatic rings. The molecular weight excluding hydrogens is 487 g/mol. The highest BCUT2D eigenvalue weighted by Crippen LogP contribution is 2.41. The molecular formula is C23H22Cl2N2O5S. The fraction of sp³-hybridized carbons (Fsp3) is 0.174. The number of carbonyl (C=O) groups excluding carboxylic acids is 1. The molecule has 0 aliphatic heterocycles. The SMILES string of the molecule is CC(C)(C)OC(=O)Nc1cccc(NS(=O)(=O)c2cc(Cl)ccc2Cl)c1-c1ccccc1O. The number of carbonyl (C=O) groups is 1. The van der Waals surface area contributed by atoms with Crippen molar-refractivity contribution in [2.75, 3.05) is 10.0 Å². The Labute approximate surface area is 202 Å². The number of aromatic hydroxyl groups is 1. The molecule has 33 heavy (non-hydrogen) atoms. The van der Waals surface area contributed by atoms with Crippen LogP contribution in [0.3, 0.4) is 0 Å². The molecule has 0 aromatic heterocycles. The molecule has 7 nitrogen and oxygen atoms in total. The predicted octanol–water partition coefficient (Wildman–Crippen LogP) is 6.51. The van der Waals surface area contributed by atoms with E-state index in [-0.39, 0.29) is 37.6 Å². The van der Waals surface area contributed by atoms with E-state index in [2.05, 4.69) is 10.0 Å². The Hall–Kier alpha value is -2.94. The van der Waals surface area contributed by atoms with E-state index in [4.69, 9.17) is 27.9 Å². The first-order chi connectivity index (χ1) is 15.4. The molecule has 0 heterocycles. The Kier molecular flexibility index (Phi) is 7.11. The number of rotatable bonds is 5. The number of amides is 1. The maximum atomic E-state index is 13.1. The van der Waals surface area contributed by atoms with Crippen molar-refractivity contribution in [3.63, 3.8) is 0 Å². The van der Waals surface area contributed by atoms with Gasteiger partial charge in [0.05, 0.1) is 16.4 Å². The molecule has 0 radical (unpaired) electrons. The van der Waals surface area contributed by atoms with Gasteiger partial charge in [-0.1, -0.05) is 47.5 Å². The zero-order valence-corrected chi connectivity index (χ0v) is 20.3. The molecule has 0 aliphatic carbocycles. The lowest BCUT2D eigenvalue weighted by Crippen LogP contribution is -2.27. The van der Waals surface area contributed by atoms with Gasteiger partial charge in [0.1, 0.15) is 16.2 Å². The van der Waals surface area contributed by atoms with Crippen LogP contribution in [0.1, 0.15) is 20.8 Å². The Balaban J connectivity index is 2.13. The van der Waals surface area contributed by atoms with Crippen LogP contribution >= 0.6 is 23.2 Å². The number of sulfonamides is 1. The Morgan fingerprint density at radius 2 is 1.64 bits per heavy atom. The highest BCUT2D eigenvalue weighted by molar-refractivity contribution is 7.92. The average molecular weight is 509 g/mol. The van der Waals surface area contributed by atoms with E-state index >= 15 is 0 Å². The fourth-order valence-electron chi connectivity index (χ4n) is 3.01. The fourth-order valence-corrected chi connectivity index (χ4v) is 4.85. The van der Waals surface area contributed by atoms with Gasteiger partial charge < -0.3 is 9.84 Å². The molecule has 3 aromatic rings. The molecule has 0 atom stereocenters. The summed E-state index contributed by atoms with van der Waals surface area (Å²) in [6.07, 6.45) is -0.739. The zero-order valence-electron chi connectivity index (χ0n) is 18.0. The summed E-state index contributed by atoms with van der Waals surface area (Å²) in [5.74, 6) is -0.114. The maximum Gasteiger partial charge on any atom is 0.412 e. The number of halogens is 2. The van der Waals surface area contributed by atoms with Gasteiger partial charge in [-0.3, -0.25) is 10.0 Å². The molecule has 0 fully saturated rings. The normalized spacial score (nSPS) is 11.7. The standard InChI is InChI=1S/C23H22Cl2N2O5S/c1-23(2,3)32-22(29)26-17-8-6-9-18(21(17)15-7-4-5-10-19(15)28)27-33(30,31)20-13-14(24)11-12-16(20)25/h4-13,27-28H,1-3H3,(H,26,29). The monoisotopic (exact) mass is 508 g/mol. The van der Waals surface area contributed by atoms with Crippen molar-refractivity contribution in [1.29, 1.82) is 0 Å². The van der Waals surface area contributed by atoms with Gasteiger partial charge in [0.2, 0.25) is 0 Å². The van der Waals surface area contributed by atoms with Crippen LogP contribution < -0.4 is 10.0 Å². The molecule has 174 valence electrons. The summed E-state index contributed by atoms with van der Waals surface area (Å²) in [5.41, 5.74) is 0.105. The number of para-hydroxylation sites is 1. The number of phenols is 1. The number of benzene rings is 3. The van der Waals surface area contributed by atoms with Crippen LogP contribution in [-0.4, -0.2) is 25.2 Å². The van der Waals surface area contributed by atoms with E-state index in [1.165, 1.54) is 30.3 Å². The number of anilines is 2. The van der Waals surface area contributed by atoms with E-state index in [9.17, 15) is 18.3 Å². The Bertz CT molecular complexity index is 1300. The third-order valence-electron chi connectivity index (χ3n) is 4.30. The number of phenolic OH excluding ortho intramolecular Hbond substituents is 1. The summed E-state index contributed by atoms with van der Waals surface area (Å²) in [7, 11) is -4.18. The molecule has 0 unspecified atom stereocenters. The van der Waals surface area contributed by atoms with Crippen molar-refractivity contribution in [2.45, 2.75) is 31.3 Å². The Morgan fingerprint density at radius 3 is 2.30 bits per heavy atom. The number of nitrogens with one attached hydrogen (secondary N) is 2. The van der Waals surface area contributed by atoms with Crippen LogP contribution in [0.2, 0.25) is 10.0 Å². The summed E-state index contributed by atoms with van der Waals surface area (Å²) in [6.45, 7) is 5.15. The van der Waals surface area contributed by atoms with Crippen molar-refractivity contribution < 1.29 is 23.1 Å². The summed E-state index contributed by atoms with van der Waals surface area (Å²) < 4.78 is 34.1. The average Bonchev–Trinajstić information content (AvgIpc) is 2.69. The van der Waals surface area contributed by atoms with E-state index in [1.54, 1.807) is 51.1 Å². The topological polar surface area (TPSA) is 105 Å². The van der Waals surface area contributed by atoms with Gasteiger partial charge in [0.15, 0.2) is 0 Å². The van der Waals surface area contributed by atoms with Gasteiger partial charge in [-0.05, 0) is 57.2 Å². The van der Waals surface area contributed by atoms with Gasteiger partial charge >= 0.3 is 6.09 Å². The molecule has 10 heteroatoms. The third-order valence-corrected chi connectivity index (χ3v) is 6.38. The molecule has 3 N–H and O–H groups in total. The smallest absolute Gasteiger partial charge is 0.412 e. The van der Waals surface area contributed by atoms with Crippen LogP contribution in [0.4, 0.5) is 16.2 Å². The summed E-state index contributed by atoms with van der Waals surface area (Å²) >= 11 is 12.1. The molecule has 3 aromatic carbocycles. The molecule has 1 amide bonds. The van der Waals surface area contributed by atoms with Crippen LogP contribution in [0.15, 0.2) is 65.6 Å². The lowest BCUT2D eigenvalue weighted by Gasteiger charge is -2.22. The molecule has 0 spiro atoms. The zero-order chi connectivity index (χ0) is 24.4. The van der Waals surface area contributed by atoms with Gasteiger partial charge in [-0.2, -0.15) is 0 Å². The van der Waals surface area contributed by atoms with Gasteiger partial charge in [-0.25, -0.2) is 13.2 Å². The van der Waals surface area contributed by atoms with E-state index in [0.29, 0.717) is 5.56 Å². The highest BCUT2D eigenvalue weighted by Gasteiger charge is 2.24. The third kappa shape index (κ3) is 6.10. The number of hydrogen-bond donors (Lipinski definition) is 3. The van der Waals surface area contributed by atoms with Gasteiger partial charge in [0.25, 0.3) is 10.0 Å². The molecule has 0 bridgehead atoms. The first-order valence-corrected chi connectivity index (χ1v) is 12.0. The summed E-state index contributed by atoms with van der Waals surface area (Å²) in [6, 6.07) is 15.0. The second-order valence-electron chi connectivity index (χ2n) is 8.05. The van der Waals surface area contributed by atoms with Crippen molar-refractivity contribution >= 4 is 50.7 Å². The van der Waals surface area contributed by atoms with Crippen LogP contribution in [0.5, 0.6) is 5.75 Å². The van der Waals surface area contributed by atoms with Crippen molar-refractivity contribution in [3.8, 4) is 16.9 Å². The van der Waals surface area contributed by atoms with E-state index < -0.39 is 21.7 Å².